The molecule has 1 aliphatic carbocycles. The molecule has 0 N–H and O–H groups in total. The lowest BCUT2D eigenvalue weighted by molar-refractivity contribution is 0.308. The summed E-state index contributed by atoms with van der Waals surface area (Å²) in [5, 5.41) is 0. The molecule has 1 saturated carbocycles. The van der Waals surface area contributed by atoms with E-state index in [1.807, 2.05) is 24.3 Å². The Morgan fingerprint density at radius 1 is 0.933 bits per heavy atom. The highest BCUT2D eigenvalue weighted by Gasteiger charge is 2.23. The van der Waals surface area contributed by atoms with Crippen LogP contribution in [0.5, 0.6) is 0 Å². The molecule has 0 radical (unpaired) electrons. The minimum atomic E-state index is -0.132. The van der Waals surface area contributed by atoms with Crippen molar-refractivity contribution in [3.8, 4) is 11.8 Å². The molecular weight excluding hydrogens is 367 g/mol. The fraction of sp³-hybridized carbons (Fsp3) is 0.448. The molecule has 0 atom stereocenters. The van der Waals surface area contributed by atoms with E-state index < -0.39 is 0 Å². The second-order valence-electron chi connectivity index (χ2n) is 8.62. The van der Waals surface area contributed by atoms with Crippen LogP contribution in [-0.2, 0) is 0 Å². The minimum absolute atomic E-state index is 0.132. The van der Waals surface area contributed by atoms with E-state index >= 15 is 0 Å². The number of unbranched alkanes of at least 4 members (excludes halogenated alkanes) is 2. The van der Waals surface area contributed by atoms with Crippen molar-refractivity contribution < 1.29 is 4.39 Å². The maximum absolute atomic E-state index is 14.2. The highest BCUT2D eigenvalue weighted by Crippen LogP contribution is 2.38. The molecule has 0 spiro atoms. The molecule has 0 aromatic heterocycles. The summed E-state index contributed by atoms with van der Waals surface area (Å²) in [6, 6.07) is 16.1. The molecule has 0 nitrogen and oxygen atoms in total. The van der Waals surface area contributed by atoms with Crippen LogP contribution in [0.4, 0.5) is 4.39 Å². The van der Waals surface area contributed by atoms with Crippen LogP contribution in [0.25, 0.3) is 5.83 Å². The third-order valence-electron chi connectivity index (χ3n) is 6.33. The molecule has 0 amide bonds. The molecule has 0 unspecified atom stereocenters. The normalized spacial score (nSPS) is 19.2. The predicted octanol–water partition coefficient (Wildman–Crippen LogP) is 8.66. The Labute approximate surface area is 182 Å². The minimum Gasteiger partial charge on any atom is -0.207 e. The van der Waals surface area contributed by atoms with Crippen LogP contribution < -0.4 is 0 Å². The van der Waals surface area contributed by atoms with Gasteiger partial charge in [-0.15, -0.1) is 0 Å². The Bertz CT molecular complexity index is 871. The Morgan fingerprint density at radius 2 is 1.67 bits per heavy atom. The van der Waals surface area contributed by atoms with Crippen molar-refractivity contribution >= 4 is 5.83 Å². The van der Waals surface area contributed by atoms with E-state index in [9.17, 15) is 4.39 Å². The van der Waals surface area contributed by atoms with Crippen LogP contribution in [0, 0.1) is 17.8 Å². The Balaban J connectivity index is 1.69. The number of rotatable bonds is 7. The van der Waals surface area contributed by atoms with Crippen LogP contribution in [0.3, 0.4) is 0 Å². The number of allylic oxidation sites excluding steroid dienone is 1. The van der Waals surface area contributed by atoms with Gasteiger partial charge in [-0.1, -0.05) is 75.3 Å². The van der Waals surface area contributed by atoms with Crippen LogP contribution >= 0.6 is 0 Å². The molecule has 0 heterocycles. The SMILES string of the molecule is CCCCC=C(F)c1ccc(C#Cc2ccccc2C2CCC(CCC)CC2)cc1. The van der Waals surface area contributed by atoms with Gasteiger partial charge in [0.1, 0.15) is 5.83 Å². The molecular formula is C29H35F. The maximum atomic E-state index is 14.2. The summed E-state index contributed by atoms with van der Waals surface area (Å²) < 4.78 is 14.2. The summed E-state index contributed by atoms with van der Waals surface area (Å²) in [5.74, 6) is 8.11. The summed E-state index contributed by atoms with van der Waals surface area (Å²) in [6.45, 7) is 4.41. The first kappa shape index (κ1) is 22.4. The van der Waals surface area contributed by atoms with E-state index in [1.54, 1.807) is 6.08 Å². The molecule has 1 heteroatoms. The van der Waals surface area contributed by atoms with Crippen molar-refractivity contribution in [2.75, 3.05) is 0 Å². The zero-order valence-corrected chi connectivity index (χ0v) is 18.6. The standard InChI is InChI=1S/C29H35F/c1-3-5-6-12-29(30)27-21-16-24(17-22-27)15-18-25-10-7-8-11-28(25)26-19-13-23(9-4-2)14-20-26/h7-8,10-12,16-17,21-23,26H,3-6,9,13-14,19-20H2,1-2H3. The maximum Gasteiger partial charge on any atom is 0.126 e. The van der Waals surface area contributed by atoms with Crippen LogP contribution in [0.15, 0.2) is 54.6 Å². The fourth-order valence-electron chi connectivity index (χ4n) is 4.54. The van der Waals surface area contributed by atoms with Crippen molar-refractivity contribution in [1.82, 2.24) is 0 Å². The molecule has 0 saturated heterocycles. The molecule has 2 aromatic carbocycles. The smallest absolute Gasteiger partial charge is 0.126 e. The first-order chi connectivity index (χ1) is 14.7. The zero-order chi connectivity index (χ0) is 21.2. The third-order valence-corrected chi connectivity index (χ3v) is 6.33. The molecule has 3 rings (SSSR count). The second kappa shape index (κ2) is 11.8. The van der Waals surface area contributed by atoms with Gasteiger partial charge in [0, 0.05) is 16.7 Å². The number of benzene rings is 2. The van der Waals surface area contributed by atoms with Crippen molar-refractivity contribution in [1.29, 1.82) is 0 Å². The Kier molecular flexibility index (Phi) is 8.76. The third kappa shape index (κ3) is 6.33. The largest absolute Gasteiger partial charge is 0.207 e. The molecule has 1 aliphatic rings. The van der Waals surface area contributed by atoms with Gasteiger partial charge in [-0.2, -0.15) is 0 Å². The number of hydrogen-bond donors (Lipinski definition) is 0. The lowest BCUT2D eigenvalue weighted by Crippen LogP contribution is -2.14. The van der Waals surface area contributed by atoms with Crippen molar-refractivity contribution in [3.05, 3.63) is 76.9 Å². The van der Waals surface area contributed by atoms with Crippen molar-refractivity contribution in [3.63, 3.8) is 0 Å². The summed E-state index contributed by atoms with van der Waals surface area (Å²) in [6.07, 6.45) is 12.5. The van der Waals surface area contributed by atoms with Crippen LogP contribution in [0.2, 0.25) is 0 Å². The Hall–Kier alpha value is -2.33. The lowest BCUT2D eigenvalue weighted by Gasteiger charge is -2.29. The van der Waals surface area contributed by atoms with Gasteiger partial charge in [-0.25, -0.2) is 4.39 Å². The first-order valence-electron chi connectivity index (χ1n) is 11.8. The van der Waals surface area contributed by atoms with Gasteiger partial charge >= 0.3 is 0 Å². The molecule has 0 aliphatic heterocycles. The van der Waals surface area contributed by atoms with Crippen molar-refractivity contribution in [2.24, 2.45) is 5.92 Å². The average Bonchev–Trinajstić information content (AvgIpc) is 2.79. The lowest BCUT2D eigenvalue weighted by atomic mass is 9.76. The molecule has 2 aromatic rings. The highest BCUT2D eigenvalue weighted by molar-refractivity contribution is 5.60. The van der Waals surface area contributed by atoms with E-state index in [0.29, 0.717) is 11.5 Å². The van der Waals surface area contributed by atoms with Gasteiger partial charge in [0.05, 0.1) is 0 Å². The molecule has 1 fully saturated rings. The topological polar surface area (TPSA) is 0 Å². The number of hydrogen-bond acceptors (Lipinski definition) is 0. The van der Waals surface area contributed by atoms with Crippen LogP contribution in [0.1, 0.15) is 99.8 Å². The van der Waals surface area contributed by atoms with Crippen molar-refractivity contribution in [2.45, 2.75) is 77.6 Å². The van der Waals surface area contributed by atoms with Crippen LogP contribution in [-0.4, -0.2) is 0 Å². The summed E-state index contributed by atoms with van der Waals surface area (Å²) >= 11 is 0. The van der Waals surface area contributed by atoms with Gasteiger partial charge in [0.25, 0.3) is 0 Å². The fourth-order valence-corrected chi connectivity index (χ4v) is 4.54. The predicted molar refractivity (Wildman–Crippen MR) is 127 cm³/mol. The van der Waals surface area contributed by atoms with Gasteiger partial charge < -0.3 is 0 Å². The van der Waals surface area contributed by atoms with E-state index in [2.05, 4.69) is 50.0 Å². The van der Waals surface area contributed by atoms with Gasteiger partial charge in [0.15, 0.2) is 0 Å². The van der Waals surface area contributed by atoms with Gasteiger partial charge in [-0.05, 0) is 80.2 Å². The summed E-state index contributed by atoms with van der Waals surface area (Å²) in [4.78, 5) is 0. The summed E-state index contributed by atoms with van der Waals surface area (Å²) in [5.41, 5.74) is 4.12. The van der Waals surface area contributed by atoms with E-state index in [4.69, 9.17) is 0 Å². The van der Waals surface area contributed by atoms with Gasteiger partial charge in [-0.3, -0.25) is 0 Å². The first-order valence-corrected chi connectivity index (χ1v) is 11.8. The average molecular weight is 403 g/mol. The number of halogens is 1. The zero-order valence-electron chi connectivity index (χ0n) is 18.6. The quantitative estimate of drug-likeness (QED) is 0.321. The Morgan fingerprint density at radius 3 is 2.37 bits per heavy atom. The molecule has 158 valence electrons. The van der Waals surface area contributed by atoms with Gasteiger partial charge in [0.2, 0.25) is 0 Å². The molecule has 0 bridgehead atoms. The van der Waals surface area contributed by atoms with E-state index in [-0.39, 0.29) is 5.83 Å². The molecule has 30 heavy (non-hydrogen) atoms. The highest BCUT2D eigenvalue weighted by atomic mass is 19.1. The monoisotopic (exact) mass is 402 g/mol. The van der Waals surface area contributed by atoms with E-state index in [1.165, 1.54) is 44.1 Å². The van der Waals surface area contributed by atoms with E-state index in [0.717, 1.165) is 36.3 Å². The second-order valence-corrected chi connectivity index (χ2v) is 8.62. The summed E-state index contributed by atoms with van der Waals surface area (Å²) in [7, 11) is 0.